The number of nitrogens with zero attached hydrogens (tertiary/aromatic N) is 5. The molecule has 0 amide bonds. The van der Waals surface area contributed by atoms with E-state index in [0.717, 1.165) is 74.8 Å². The van der Waals surface area contributed by atoms with E-state index in [0.29, 0.717) is 11.5 Å². The molecule has 2 aromatic carbocycles. The van der Waals surface area contributed by atoms with Gasteiger partial charge in [-0.3, -0.25) is 15.1 Å². The number of H-pyrrole nitrogens is 2. The zero-order valence-electron chi connectivity index (χ0n) is 22.4. The molecule has 2 N–H and O–H groups in total. The standard InChI is InChI=1S/C32H30FN7/c1-20-9-10-34-18-26(20)28-17-25-29(19-35-28)38-39-31(25)32-36-27-8-4-7-24(30(27)37-32)22-14-21(15-23(33)16-22)6-5-13-40-11-2-3-12-40/h4,7-10,14-19H,2-3,5-6,11-13H2,1H3,(H,36,37)(H,38,39). The molecule has 0 spiro atoms. The van der Waals surface area contributed by atoms with Crippen molar-refractivity contribution < 1.29 is 4.39 Å². The third-order valence-electron chi connectivity index (χ3n) is 7.91. The average Bonchev–Trinajstić information content (AvgIpc) is 3.72. The van der Waals surface area contributed by atoms with Crippen LogP contribution in [-0.4, -0.2) is 54.7 Å². The first-order valence-corrected chi connectivity index (χ1v) is 13.9. The van der Waals surface area contributed by atoms with Crippen LogP contribution in [-0.2, 0) is 6.42 Å². The van der Waals surface area contributed by atoms with Crippen molar-refractivity contribution in [2.24, 2.45) is 0 Å². The van der Waals surface area contributed by atoms with Gasteiger partial charge in [-0.1, -0.05) is 18.2 Å². The van der Waals surface area contributed by atoms with Crippen molar-refractivity contribution in [2.45, 2.75) is 32.6 Å². The molecule has 200 valence electrons. The highest BCUT2D eigenvalue weighted by Gasteiger charge is 2.17. The first-order valence-electron chi connectivity index (χ1n) is 13.9. The van der Waals surface area contributed by atoms with Gasteiger partial charge in [-0.2, -0.15) is 5.10 Å². The summed E-state index contributed by atoms with van der Waals surface area (Å²) in [5, 5.41) is 8.58. The van der Waals surface area contributed by atoms with Crippen LogP contribution >= 0.6 is 0 Å². The van der Waals surface area contributed by atoms with Gasteiger partial charge in [0.25, 0.3) is 0 Å². The predicted molar refractivity (Wildman–Crippen MR) is 156 cm³/mol. The maximum Gasteiger partial charge on any atom is 0.159 e. The highest BCUT2D eigenvalue weighted by atomic mass is 19.1. The minimum absolute atomic E-state index is 0.217. The summed E-state index contributed by atoms with van der Waals surface area (Å²) in [6.07, 6.45) is 9.86. The second-order valence-corrected chi connectivity index (χ2v) is 10.7. The van der Waals surface area contributed by atoms with E-state index in [9.17, 15) is 4.39 Å². The van der Waals surface area contributed by atoms with Crippen LogP contribution in [0, 0.1) is 12.7 Å². The van der Waals surface area contributed by atoms with Crippen molar-refractivity contribution in [1.82, 2.24) is 35.0 Å². The number of aromatic amines is 2. The lowest BCUT2D eigenvalue weighted by atomic mass is 9.99. The fourth-order valence-corrected chi connectivity index (χ4v) is 5.82. The SMILES string of the molecule is Cc1ccncc1-c1cc2c(-c3nc4c(-c5cc(F)cc(CCCN6CCCC6)c5)cccc4[nH]3)n[nH]c2cn1. The number of hydrogen-bond acceptors (Lipinski definition) is 5. The fourth-order valence-electron chi connectivity index (χ4n) is 5.82. The van der Waals surface area contributed by atoms with E-state index in [-0.39, 0.29) is 5.82 Å². The minimum Gasteiger partial charge on any atom is -0.337 e. The van der Waals surface area contributed by atoms with Crippen LogP contribution in [0.25, 0.3) is 55.8 Å². The highest BCUT2D eigenvalue weighted by molar-refractivity contribution is 5.97. The quantitative estimate of drug-likeness (QED) is 0.239. The molecule has 1 aliphatic heterocycles. The smallest absolute Gasteiger partial charge is 0.159 e. The van der Waals surface area contributed by atoms with Crippen LogP contribution in [0.5, 0.6) is 0 Å². The Labute approximate surface area is 231 Å². The Balaban J connectivity index is 1.24. The Morgan fingerprint density at radius 1 is 0.975 bits per heavy atom. The van der Waals surface area contributed by atoms with Gasteiger partial charge in [0.1, 0.15) is 11.5 Å². The first-order chi connectivity index (χ1) is 19.6. The van der Waals surface area contributed by atoms with Crippen molar-refractivity contribution in [2.75, 3.05) is 19.6 Å². The van der Waals surface area contributed by atoms with Gasteiger partial charge in [-0.25, -0.2) is 9.37 Å². The van der Waals surface area contributed by atoms with Crippen molar-refractivity contribution in [3.05, 3.63) is 84.1 Å². The summed E-state index contributed by atoms with van der Waals surface area (Å²) < 4.78 is 14.8. The Bertz CT molecular complexity index is 1830. The lowest BCUT2D eigenvalue weighted by Gasteiger charge is -2.14. The molecule has 0 atom stereocenters. The fraction of sp³-hybridized carbons (Fsp3) is 0.250. The Hall–Kier alpha value is -4.43. The van der Waals surface area contributed by atoms with Gasteiger partial charge in [-0.15, -0.1) is 0 Å². The van der Waals surface area contributed by atoms with Gasteiger partial charge in [0.15, 0.2) is 5.82 Å². The van der Waals surface area contributed by atoms with E-state index >= 15 is 0 Å². The molecule has 7 rings (SSSR count). The first kappa shape index (κ1) is 24.6. The molecule has 0 saturated carbocycles. The highest BCUT2D eigenvalue weighted by Crippen LogP contribution is 2.33. The molecule has 6 aromatic rings. The molecular formula is C32H30FN7. The van der Waals surface area contributed by atoms with Gasteiger partial charge < -0.3 is 9.88 Å². The molecule has 1 aliphatic rings. The van der Waals surface area contributed by atoms with Crippen LogP contribution in [0.3, 0.4) is 0 Å². The van der Waals surface area contributed by atoms with Gasteiger partial charge in [0.05, 0.1) is 28.4 Å². The molecule has 0 bridgehead atoms. The number of rotatable bonds is 7. The molecule has 8 heteroatoms. The number of hydrogen-bond donors (Lipinski definition) is 2. The number of halogens is 1. The molecule has 0 radical (unpaired) electrons. The van der Waals surface area contributed by atoms with Crippen molar-refractivity contribution in [3.63, 3.8) is 0 Å². The van der Waals surface area contributed by atoms with E-state index in [1.165, 1.54) is 25.9 Å². The molecule has 1 saturated heterocycles. The Morgan fingerprint density at radius 2 is 1.88 bits per heavy atom. The summed E-state index contributed by atoms with van der Waals surface area (Å²) in [5.74, 6) is 0.432. The van der Waals surface area contributed by atoms with E-state index < -0.39 is 0 Å². The summed E-state index contributed by atoms with van der Waals surface area (Å²) in [7, 11) is 0. The molecule has 40 heavy (non-hydrogen) atoms. The summed E-state index contributed by atoms with van der Waals surface area (Å²) in [6, 6.07) is 15.3. The number of likely N-dealkylation sites (tertiary alicyclic amines) is 1. The lowest BCUT2D eigenvalue weighted by molar-refractivity contribution is 0.334. The number of pyridine rings is 2. The lowest BCUT2D eigenvalue weighted by Crippen LogP contribution is -2.20. The molecule has 0 unspecified atom stereocenters. The van der Waals surface area contributed by atoms with Crippen LogP contribution in [0.4, 0.5) is 4.39 Å². The Morgan fingerprint density at radius 3 is 2.75 bits per heavy atom. The van der Waals surface area contributed by atoms with Crippen LogP contribution in [0.15, 0.2) is 67.1 Å². The van der Waals surface area contributed by atoms with Crippen LogP contribution < -0.4 is 0 Å². The number of benzene rings is 2. The molecule has 1 fully saturated rings. The molecule has 0 aliphatic carbocycles. The Kier molecular flexibility index (Phi) is 6.32. The molecule has 4 aromatic heterocycles. The second-order valence-electron chi connectivity index (χ2n) is 10.7. The summed E-state index contributed by atoms with van der Waals surface area (Å²) in [4.78, 5) is 19.8. The molecular weight excluding hydrogens is 501 g/mol. The largest absolute Gasteiger partial charge is 0.337 e. The van der Waals surface area contributed by atoms with Gasteiger partial charge in [0.2, 0.25) is 0 Å². The van der Waals surface area contributed by atoms with E-state index in [4.69, 9.17) is 4.98 Å². The maximum absolute atomic E-state index is 14.8. The van der Waals surface area contributed by atoms with Gasteiger partial charge >= 0.3 is 0 Å². The number of aryl methyl sites for hydroxylation is 2. The topological polar surface area (TPSA) is 86.4 Å². The number of nitrogens with one attached hydrogen (secondary N) is 2. The third-order valence-corrected chi connectivity index (χ3v) is 7.91. The third kappa shape index (κ3) is 4.64. The van der Waals surface area contributed by atoms with E-state index in [1.54, 1.807) is 24.5 Å². The van der Waals surface area contributed by atoms with E-state index in [2.05, 4.69) is 36.1 Å². The normalized spacial score (nSPS) is 14.1. The number of imidazole rings is 1. The van der Waals surface area contributed by atoms with Crippen molar-refractivity contribution >= 4 is 21.9 Å². The summed E-state index contributed by atoms with van der Waals surface area (Å²) in [5.41, 5.74) is 8.87. The van der Waals surface area contributed by atoms with Crippen molar-refractivity contribution in [1.29, 1.82) is 0 Å². The minimum atomic E-state index is -0.217. The zero-order chi connectivity index (χ0) is 27.1. The van der Waals surface area contributed by atoms with Crippen LogP contribution in [0.1, 0.15) is 30.4 Å². The number of fused-ring (bicyclic) bond motifs is 2. The predicted octanol–water partition coefficient (Wildman–Crippen LogP) is 6.71. The second kappa shape index (κ2) is 10.3. The monoisotopic (exact) mass is 531 g/mol. The van der Waals surface area contributed by atoms with Crippen LogP contribution in [0.2, 0.25) is 0 Å². The van der Waals surface area contributed by atoms with E-state index in [1.807, 2.05) is 43.5 Å². The zero-order valence-corrected chi connectivity index (χ0v) is 22.4. The summed E-state index contributed by atoms with van der Waals surface area (Å²) >= 11 is 0. The maximum atomic E-state index is 14.8. The number of aromatic nitrogens is 6. The number of para-hydroxylation sites is 1. The summed E-state index contributed by atoms with van der Waals surface area (Å²) in [6.45, 7) is 5.49. The van der Waals surface area contributed by atoms with Crippen molar-refractivity contribution in [3.8, 4) is 33.9 Å². The molecule has 5 heterocycles. The molecule has 7 nitrogen and oxygen atoms in total. The van der Waals surface area contributed by atoms with Gasteiger partial charge in [0, 0.05) is 28.9 Å². The average molecular weight is 532 g/mol. The van der Waals surface area contributed by atoms with Gasteiger partial charge in [-0.05, 0) is 99.3 Å².